The normalized spacial score (nSPS) is 11.9. The molecule has 0 aliphatic rings. The zero-order chi connectivity index (χ0) is 36.9. The van der Waals surface area contributed by atoms with Crippen LogP contribution in [-0.4, -0.2) is 19.5 Å². The number of nitrogens with zero attached hydrogens (tertiary/aromatic N) is 5. The molecule has 0 atom stereocenters. The second-order valence-electron chi connectivity index (χ2n) is 12.2. The third-order valence-corrected chi connectivity index (χ3v) is 8.94. The molecule has 0 spiro atoms. The number of aromatic nitrogens is 4. The smallest absolute Gasteiger partial charge is 0.308 e. The standard InChI is InChI=1S/C42H23F6N5/c43-41(44,45)29-17-19-30(34(23-29)42(46,47)48)28-16-18-32-31-13-7-8-14-35(31)53(37(32)22-28)36-20-15-25(24-49)21-33(36)40-51-38(26-9-3-1-4-10-26)50-39(52-40)27-11-5-2-6-12-27/h1-23H. The first-order chi connectivity index (χ1) is 25.5. The van der Waals surface area contributed by atoms with Gasteiger partial charge in [0.05, 0.1) is 39.5 Å². The first kappa shape index (κ1) is 33.3. The van der Waals surface area contributed by atoms with E-state index in [0.29, 0.717) is 50.9 Å². The highest BCUT2D eigenvalue weighted by atomic mass is 19.4. The molecule has 8 rings (SSSR count). The lowest BCUT2D eigenvalue weighted by atomic mass is 9.96. The van der Waals surface area contributed by atoms with E-state index in [4.69, 9.17) is 15.0 Å². The van der Waals surface area contributed by atoms with Crippen molar-refractivity contribution in [1.82, 2.24) is 19.5 Å². The number of halogens is 6. The Morgan fingerprint density at radius 2 is 1.09 bits per heavy atom. The summed E-state index contributed by atoms with van der Waals surface area (Å²) in [4.78, 5) is 14.5. The van der Waals surface area contributed by atoms with E-state index >= 15 is 0 Å². The van der Waals surface area contributed by atoms with Crippen molar-refractivity contribution in [2.75, 3.05) is 0 Å². The molecule has 6 aromatic carbocycles. The Kier molecular flexibility index (Phi) is 8.03. The molecule has 258 valence electrons. The molecule has 0 unspecified atom stereocenters. The van der Waals surface area contributed by atoms with Crippen LogP contribution < -0.4 is 0 Å². The minimum atomic E-state index is -5.07. The van der Waals surface area contributed by atoms with Gasteiger partial charge in [0.1, 0.15) is 0 Å². The molecule has 0 bridgehead atoms. The van der Waals surface area contributed by atoms with Gasteiger partial charge in [0, 0.05) is 27.5 Å². The Morgan fingerprint density at radius 3 is 1.72 bits per heavy atom. The summed E-state index contributed by atoms with van der Waals surface area (Å²) in [5.74, 6) is 1.01. The van der Waals surface area contributed by atoms with Gasteiger partial charge in [0.2, 0.25) is 0 Å². The lowest BCUT2D eigenvalue weighted by Gasteiger charge is -2.17. The third kappa shape index (κ3) is 6.14. The molecule has 0 amide bonds. The van der Waals surface area contributed by atoms with Gasteiger partial charge in [-0.15, -0.1) is 0 Å². The molecule has 5 nitrogen and oxygen atoms in total. The van der Waals surface area contributed by atoms with Gasteiger partial charge >= 0.3 is 12.4 Å². The summed E-state index contributed by atoms with van der Waals surface area (Å²) in [7, 11) is 0. The summed E-state index contributed by atoms with van der Waals surface area (Å²) in [5, 5.41) is 11.5. The van der Waals surface area contributed by atoms with E-state index in [-0.39, 0.29) is 17.5 Å². The SMILES string of the molecule is N#Cc1ccc(-n2c3ccccc3c3ccc(-c4ccc(C(F)(F)F)cc4C(F)(F)F)cc32)c(-c2nc(-c3ccccc3)nc(-c3ccccc3)n2)c1. The largest absolute Gasteiger partial charge is 0.417 e. The Hall–Kier alpha value is -6.80. The number of rotatable bonds is 5. The van der Waals surface area contributed by atoms with Crippen molar-refractivity contribution in [3.8, 4) is 57.0 Å². The van der Waals surface area contributed by atoms with Crippen molar-refractivity contribution in [2.24, 2.45) is 0 Å². The van der Waals surface area contributed by atoms with Gasteiger partial charge in [-0.05, 0) is 53.6 Å². The maximum Gasteiger partial charge on any atom is 0.417 e. The van der Waals surface area contributed by atoms with Gasteiger partial charge in [-0.3, -0.25) is 0 Å². The summed E-state index contributed by atoms with van der Waals surface area (Å²) < 4.78 is 85.4. The quantitative estimate of drug-likeness (QED) is 0.167. The van der Waals surface area contributed by atoms with E-state index in [0.717, 1.165) is 22.6 Å². The highest BCUT2D eigenvalue weighted by Gasteiger charge is 2.38. The summed E-state index contributed by atoms with van der Waals surface area (Å²) in [6.07, 6.45) is -10.0. The molecule has 0 N–H and O–H groups in total. The highest BCUT2D eigenvalue weighted by Crippen LogP contribution is 2.43. The van der Waals surface area contributed by atoms with E-state index < -0.39 is 29.0 Å². The average Bonchev–Trinajstić information content (AvgIpc) is 3.50. The van der Waals surface area contributed by atoms with Crippen LogP contribution in [0.25, 0.3) is 72.8 Å². The number of benzene rings is 6. The van der Waals surface area contributed by atoms with Crippen LogP contribution in [0.15, 0.2) is 140 Å². The lowest BCUT2D eigenvalue weighted by Crippen LogP contribution is -2.12. The fraction of sp³-hybridized carbons (Fsp3) is 0.0476. The third-order valence-electron chi connectivity index (χ3n) is 8.94. The van der Waals surface area contributed by atoms with E-state index in [2.05, 4.69) is 6.07 Å². The number of nitriles is 1. The summed E-state index contributed by atoms with van der Waals surface area (Å²) in [6.45, 7) is 0. The maximum absolute atomic E-state index is 14.3. The van der Waals surface area contributed by atoms with Crippen LogP contribution in [0, 0.1) is 11.3 Å². The molecule has 0 radical (unpaired) electrons. The van der Waals surface area contributed by atoms with Gasteiger partial charge in [-0.1, -0.05) is 97.1 Å². The Labute approximate surface area is 298 Å². The monoisotopic (exact) mass is 711 g/mol. The fourth-order valence-electron chi connectivity index (χ4n) is 6.51. The Morgan fingerprint density at radius 1 is 0.491 bits per heavy atom. The van der Waals surface area contributed by atoms with Crippen molar-refractivity contribution < 1.29 is 26.3 Å². The molecular weight excluding hydrogens is 688 g/mol. The van der Waals surface area contributed by atoms with Gasteiger partial charge in [-0.25, -0.2) is 15.0 Å². The zero-order valence-corrected chi connectivity index (χ0v) is 27.3. The summed E-state index contributed by atoms with van der Waals surface area (Å²) in [6, 6.07) is 39.5. The number of fused-ring (bicyclic) bond motifs is 3. The molecule has 0 aliphatic carbocycles. The van der Waals surface area contributed by atoms with Crippen LogP contribution in [-0.2, 0) is 12.4 Å². The minimum Gasteiger partial charge on any atom is -0.308 e. The molecule has 0 saturated heterocycles. The lowest BCUT2D eigenvalue weighted by molar-refractivity contribution is -0.142. The van der Waals surface area contributed by atoms with Crippen LogP contribution in [0.1, 0.15) is 16.7 Å². The summed E-state index contributed by atoms with van der Waals surface area (Å²) in [5.41, 5.74) is 0.755. The van der Waals surface area contributed by atoms with E-state index in [1.165, 1.54) is 12.1 Å². The van der Waals surface area contributed by atoms with Crippen LogP contribution in [0.2, 0.25) is 0 Å². The molecular formula is C42H23F6N5. The molecule has 53 heavy (non-hydrogen) atoms. The molecule has 2 aromatic heterocycles. The molecule has 0 saturated carbocycles. The second kappa shape index (κ2) is 12.8. The van der Waals surface area contributed by atoms with Crippen molar-refractivity contribution >= 4 is 21.8 Å². The molecule has 8 aromatic rings. The number of hydrogen-bond donors (Lipinski definition) is 0. The topological polar surface area (TPSA) is 67.4 Å². The maximum atomic E-state index is 14.3. The van der Waals surface area contributed by atoms with E-state index in [1.807, 2.05) is 89.5 Å². The van der Waals surface area contributed by atoms with Crippen LogP contribution >= 0.6 is 0 Å². The van der Waals surface area contributed by atoms with Crippen molar-refractivity contribution in [1.29, 1.82) is 5.26 Å². The first-order valence-electron chi connectivity index (χ1n) is 16.2. The van der Waals surface area contributed by atoms with Gasteiger partial charge in [-0.2, -0.15) is 31.6 Å². The number of para-hydroxylation sites is 1. The molecule has 0 fully saturated rings. The van der Waals surface area contributed by atoms with E-state index in [1.54, 1.807) is 24.3 Å². The zero-order valence-electron chi connectivity index (χ0n) is 27.3. The minimum absolute atomic E-state index is 0.0655. The van der Waals surface area contributed by atoms with E-state index in [9.17, 15) is 31.6 Å². The highest BCUT2D eigenvalue weighted by molar-refractivity contribution is 6.10. The van der Waals surface area contributed by atoms with Gasteiger partial charge < -0.3 is 4.57 Å². The van der Waals surface area contributed by atoms with Crippen LogP contribution in [0.4, 0.5) is 26.3 Å². The average molecular weight is 712 g/mol. The first-order valence-corrected chi connectivity index (χ1v) is 16.2. The second-order valence-corrected chi connectivity index (χ2v) is 12.2. The number of alkyl halides is 6. The predicted molar refractivity (Wildman–Crippen MR) is 191 cm³/mol. The van der Waals surface area contributed by atoms with Gasteiger partial charge in [0.25, 0.3) is 0 Å². The van der Waals surface area contributed by atoms with Crippen molar-refractivity contribution in [3.05, 3.63) is 156 Å². The van der Waals surface area contributed by atoms with Crippen LogP contribution in [0.3, 0.4) is 0 Å². The van der Waals surface area contributed by atoms with Crippen molar-refractivity contribution in [3.63, 3.8) is 0 Å². The van der Waals surface area contributed by atoms with Gasteiger partial charge in [0.15, 0.2) is 17.5 Å². The Bertz CT molecular complexity index is 2650. The summed E-state index contributed by atoms with van der Waals surface area (Å²) >= 11 is 0. The predicted octanol–water partition coefficient (Wildman–Crippen LogP) is 11.5. The molecule has 0 aliphatic heterocycles. The number of hydrogen-bond acceptors (Lipinski definition) is 4. The van der Waals surface area contributed by atoms with Crippen molar-refractivity contribution in [2.45, 2.75) is 12.4 Å². The Balaban J connectivity index is 1.41. The van der Waals surface area contributed by atoms with Crippen LogP contribution in [0.5, 0.6) is 0 Å². The molecule has 2 heterocycles. The fourth-order valence-corrected chi connectivity index (χ4v) is 6.51. The molecule has 11 heteroatoms.